The number of hydrogen-bond donors (Lipinski definition) is 2. The zero-order chi connectivity index (χ0) is 15.1. The van der Waals surface area contributed by atoms with Crippen LogP contribution in [0.15, 0.2) is 0 Å². The summed E-state index contributed by atoms with van der Waals surface area (Å²) in [5.41, 5.74) is 0. The first-order valence-corrected chi connectivity index (χ1v) is 11.9. The minimum absolute atomic E-state index is 0.320. The third-order valence-electron chi connectivity index (χ3n) is 2.67. The van der Waals surface area contributed by atoms with Crippen molar-refractivity contribution in [1.29, 1.82) is 0 Å². The van der Waals surface area contributed by atoms with Crippen LogP contribution in [0.1, 0.15) is 51.4 Å². The van der Waals surface area contributed by atoms with E-state index < -0.39 is 7.60 Å². The fourth-order valence-corrected chi connectivity index (χ4v) is 4.36. The lowest BCUT2D eigenvalue weighted by Crippen LogP contribution is -1.92. The molecule has 0 aliphatic carbocycles. The molecule has 0 spiro atoms. The van der Waals surface area contributed by atoms with Crippen molar-refractivity contribution in [1.82, 2.24) is 0 Å². The number of unbranched alkanes of at least 4 members (excludes halogenated alkanes) is 6. The first-order chi connectivity index (χ1) is 9.56. The zero-order valence-corrected chi connectivity index (χ0v) is 15.0. The second-order valence-electron chi connectivity index (χ2n) is 4.83. The van der Waals surface area contributed by atoms with Gasteiger partial charge in [-0.3, -0.25) is 4.57 Å². The van der Waals surface area contributed by atoms with Gasteiger partial charge in [-0.15, -0.1) is 0 Å². The molecule has 0 aliphatic heterocycles. The van der Waals surface area contributed by atoms with Gasteiger partial charge in [0.1, 0.15) is 0 Å². The van der Waals surface area contributed by atoms with Crippen molar-refractivity contribution in [3.63, 3.8) is 0 Å². The van der Waals surface area contributed by atoms with Crippen molar-refractivity contribution in [2.45, 2.75) is 51.4 Å². The van der Waals surface area contributed by atoms with Gasteiger partial charge in [0.15, 0.2) is 0 Å². The van der Waals surface area contributed by atoms with E-state index in [9.17, 15) is 4.57 Å². The van der Waals surface area contributed by atoms with Crippen LogP contribution in [0.5, 0.6) is 0 Å². The van der Waals surface area contributed by atoms with Gasteiger partial charge in [0.25, 0.3) is 0 Å². The lowest BCUT2D eigenvalue weighted by molar-refractivity contribution is 0.258. The van der Waals surface area contributed by atoms with Gasteiger partial charge >= 0.3 is 7.60 Å². The van der Waals surface area contributed by atoms with Crippen LogP contribution < -0.4 is 0 Å². The number of hydrogen-bond acceptors (Lipinski definition) is 5. The Labute approximate surface area is 131 Å². The lowest BCUT2D eigenvalue weighted by Gasteiger charge is -2.06. The van der Waals surface area contributed by atoms with E-state index in [0.717, 1.165) is 32.1 Å². The minimum Gasteiger partial charge on any atom is -0.396 e. The highest BCUT2D eigenvalue weighted by Gasteiger charge is 2.08. The monoisotopic (exact) mass is 344 g/mol. The van der Waals surface area contributed by atoms with Crippen LogP contribution in [-0.4, -0.2) is 41.4 Å². The maximum atomic E-state index is 10.8. The van der Waals surface area contributed by atoms with Gasteiger partial charge in [-0.2, -0.15) is 0 Å². The molecule has 2 N–H and O–H groups in total. The van der Waals surface area contributed by atoms with E-state index in [1.807, 2.05) is 21.6 Å². The molecule has 0 saturated heterocycles. The highest BCUT2D eigenvalue weighted by molar-refractivity contribution is 8.76. The summed E-state index contributed by atoms with van der Waals surface area (Å²) < 4.78 is 15.7. The molecule has 4 nitrogen and oxygen atoms in total. The SMILES string of the molecule is CP(=O)(O)OCCCCCCSSCCCCCCO. The van der Waals surface area contributed by atoms with Crippen molar-refractivity contribution in [2.75, 3.05) is 31.4 Å². The third-order valence-corrected chi connectivity index (χ3v) is 5.91. The Kier molecular flexibility index (Phi) is 15.3. The lowest BCUT2D eigenvalue weighted by atomic mass is 10.2. The van der Waals surface area contributed by atoms with Crippen LogP contribution in [0.25, 0.3) is 0 Å². The van der Waals surface area contributed by atoms with Gasteiger partial charge in [0.2, 0.25) is 0 Å². The highest BCUT2D eigenvalue weighted by atomic mass is 33.1. The maximum Gasteiger partial charge on any atom is 0.325 e. The third kappa shape index (κ3) is 18.8. The normalized spacial score (nSPS) is 14.3. The van der Waals surface area contributed by atoms with Gasteiger partial charge in [-0.25, -0.2) is 0 Å². The summed E-state index contributed by atoms with van der Waals surface area (Å²) in [6.45, 7) is 1.94. The van der Waals surface area contributed by atoms with Crippen LogP contribution in [0.4, 0.5) is 0 Å². The van der Waals surface area contributed by atoms with E-state index in [1.54, 1.807) is 0 Å². The van der Waals surface area contributed by atoms with E-state index in [0.29, 0.717) is 13.2 Å². The largest absolute Gasteiger partial charge is 0.396 e. The van der Waals surface area contributed by atoms with Crippen LogP contribution in [0, 0.1) is 0 Å². The molecule has 0 aromatic rings. The summed E-state index contributed by atoms with van der Waals surface area (Å²) in [5.74, 6) is 2.38. The minimum atomic E-state index is -3.27. The molecule has 1 unspecified atom stereocenters. The molecular formula is C13H29O4PS2. The fraction of sp³-hybridized carbons (Fsp3) is 1.00. The first-order valence-electron chi connectivity index (χ1n) is 7.36. The molecule has 0 radical (unpaired) electrons. The summed E-state index contributed by atoms with van der Waals surface area (Å²) in [5, 5.41) is 8.64. The Morgan fingerprint density at radius 1 is 0.900 bits per heavy atom. The van der Waals surface area contributed by atoms with Crippen LogP contribution in [-0.2, 0) is 9.09 Å². The predicted octanol–water partition coefficient (Wildman–Crippen LogP) is 4.31. The molecular weight excluding hydrogens is 315 g/mol. The average Bonchev–Trinajstić information content (AvgIpc) is 2.38. The Balaban J connectivity index is 3.01. The Bertz CT molecular complexity index is 249. The summed E-state index contributed by atoms with van der Waals surface area (Å²) in [6.07, 6.45) is 8.83. The van der Waals surface area contributed by atoms with Crippen molar-refractivity contribution < 1.29 is 19.1 Å². The molecule has 0 fully saturated rings. The first kappa shape index (κ1) is 20.8. The molecule has 20 heavy (non-hydrogen) atoms. The average molecular weight is 344 g/mol. The number of rotatable bonds is 15. The topological polar surface area (TPSA) is 66.8 Å². The summed E-state index contributed by atoms with van der Waals surface area (Å²) in [6, 6.07) is 0. The molecule has 0 aromatic carbocycles. The molecule has 0 rings (SSSR count). The summed E-state index contributed by atoms with van der Waals surface area (Å²) in [4.78, 5) is 8.92. The van der Waals surface area contributed by atoms with Crippen molar-refractivity contribution >= 4 is 29.2 Å². The zero-order valence-electron chi connectivity index (χ0n) is 12.5. The highest BCUT2D eigenvalue weighted by Crippen LogP contribution is 2.36. The van der Waals surface area contributed by atoms with Crippen molar-refractivity contribution in [2.24, 2.45) is 0 Å². The Morgan fingerprint density at radius 3 is 1.90 bits per heavy atom. The Morgan fingerprint density at radius 2 is 1.40 bits per heavy atom. The quantitative estimate of drug-likeness (QED) is 0.262. The van der Waals surface area contributed by atoms with Crippen LogP contribution in [0.3, 0.4) is 0 Å². The molecule has 7 heteroatoms. The van der Waals surface area contributed by atoms with Gasteiger partial charge in [0.05, 0.1) is 6.61 Å². The van der Waals surface area contributed by atoms with E-state index >= 15 is 0 Å². The van der Waals surface area contributed by atoms with E-state index in [4.69, 9.17) is 14.5 Å². The standard InChI is InChI=1S/C13H29O4PS2/c1-18(15,16)17-11-7-3-5-9-13-20-19-12-8-4-2-6-10-14/h14H,2-13H2,1H3,(H,15,16). The smallest absolute Gasteiger partial charge is 0.325 e. The molecule has 0 aromatic heterocycles. The fourth-order valence-electron chi connectivity index (χ4n) is 1.59. The molecule has 1 atom stereocenters. The molecule has 0 heterocycles. The van der Waals surface area contributed by atoms with Gasteiger partial charge < -0.3 is 14.5 Å². The molecule has 0 saturated carbocycles. The van der Waals surface area contributed by atoms with E-state index in [1.165, 1.54) is 37.4 Å². The van der Waals surface area contributed by atoms with Crippen LogP contribution in [0.2, 0.25) is 0 Å². The molecule has 122 valence electrons. The van der Waals surface area contributed by atoms with Crippen molar-refractivity contribution in [3.05, 3.63) is 0 Å². The number of aliphatic hydroxyl groups is 1. The Hall–Kier alpha value is 0.810. The number of aliphatic hydroxyl groups excluding tert-OH is 1. The molecule has 0 bridgehead atoms. The van der Waals surface area contributed by atoms with Gasteiger partial charge in [-0.1, -0.05) is 47.3 Å². The van der Waals surface area contributed by atoms with Gasteiger partial charge in [0, 0.05) is 24.8 Å². The summed E-state index contributed by atoms with van der Waals surface area (Å²) in [7, 11) is 0.608. The summed E-state index contributed by atoms with van der Waals surface area (Å²) >= 11 is 0. The second-order valence-corrected chi connectivity index (χ2v) is 9.40. The maximum absolute atomic E-state index is 10.8. The van der Waals surface area contributed by atoms with E-state index in [2.05, 4.69) is 0 Å². The van der Waals surface area contributed by atoms with Crippen molar-refractivity contribution in [3.8, 4) is 0 Å². The molecule has 0 aliphatic rings. The van der Waals surface area contributed by atoms with Gasteiger partial charge in [-0.05, 0) is 25.7 Å². The predicted molar refractivity (Wildman–Crippen MR) is 90.6 cm³/mol. The molecule has 0 amide bonds. The van der Waals surface area contributed by atoms with E-state index in [-0.39, 0.29) is 0 Å². The second kappa shape index (κ2) is 14.7. The van der Waals surface area contributed by atoms with Crippen LogP contribution >= 0.6 is 29.2 Å².